The maximum Gasteiger partial charge on any atom is 0.266 e. The third kappa shape index (κ3) is 3.11. The van der Waals surface area contributed by atoms with Gasteiger partial charge in [0.05, 0.1) is 11.3 Å². The van der Waals surface area contributed by atoms with Crippen LogP contribution in [0.25, 0.3) is 11.7 Å². The SMILES string of the molecule is N#Cc1nc(-c2ccco2)oc1N1CCN(C(=O)c2cc(Cl)c3c(c2)OCO3)CC1. The van der Waals surface area contributed by atoms with Gasteiger partial charge < -0.3 is 28.1 Å². The highest BCUT2D eigenvalue weighted by molar-refractivity contribution is 6.32. The zero-order valence-corrected chi connectivity index (χ0v) is 16.4. The summed E-state index contributed by atoms with van der Waals surface area (Å²) in [4.78, 5) is 20.8. The van der Waals surface area contributed by atoms with Gasteiger partial charge in [0.2, 0.25) is 18.4 Å². The molecule has 1 fully saturated rings. The number of rotatable bonds is 3. The predicted octanol–water partition coefficient (Wildman–Crippen LogP) is 3.15. The fraction of sp³-hybridized carbons (Fsp3) is 0.250. The zero-order valence-electron chi connectivity index (χ0n) is 15.6. The van der Waals surface area contributed by atoms with Crippen LogP contribution in [0.15, 0.2) is 39.4 Å². The lowest BCUT2D eigenvalue weighted by molar-refractivity contribution is 0.0745. The second kappa shape index (κ2) is 7.31. The number of aromatic nitrogens is 1. The Labute approximate surface area is 176 Å². The third-order valence-electron chi connectivity index (χ3n) is 4.98. The minimum atomic E-state index is -0.149. The molecule has 2 aromatic heterocycles. The summed E-state index contributed by atoms with van der Waals surface area (Å²) in [6.45, 7) is 1.97. The summed E-state index contributed by atoms with van der Waals surface area (Å²) < 4.78 is 21.7. The average Bonchev–Trinajstić information content (AvgIpc) is 3.53. The summed E-state index contributed by atoms with van der Waals surface area (Å²) in [5.41, 5.74) is 0.624. The van der Waals surface area contributed by atoms with Crippen LogP contribution in [0, 0.1) is 11.3 Å². The number of carbonyl (C=O) groups is 1. The van der Waals surface area contributed by atoms with E-state index in [1.807, 2.05) is 4.90 Å². The topological polar surface area (TPSA) is 105 Å². The number of hydrogen-bond acceptors (Lipinski definition) is 8. The fourth-order valence-corrected chi connectivity index (χ4v) is 3.76. The van der Waals surface area contributed by atoms with Crippen LogP contribution in [0.5, 0.6) is 11.5 Å². The van der Waals surface area contributed by atoms with Crippen molar-refractivity contribution < 1.29 is 23.1 Å². The van der Waals surface area contributed by atoms with Crippen molar-refractivity contribution in [1.29, 1.82) is 5.26 Å². The summed E-state index contributed by atoms with van der Waals surface area (Å²) in [6, 6.07) is 8.72. The van der Waals surface area contributed by atoms with Crippen molar-refractivity contribution in [2.45, 2.75) is 0 Å². The molecule has 0 spiro atoms. The summed E-state index contributed by atoms with van der Waals surface area (Å²) in [7, 11) is 0. The lowest BCUT2D eigenvalue weighted by atomic mass is 10.1. The van der Waals surface area contributed by atoms with Gasteiger partial charge in [-0.3, -0.25) is 4.79 Å². The fourth-order valence-electron chi connectivity index (χ4n) is 3.49. The van der Waals surface area contributed by atoms with E-state index in [0.717, 1.165) is 0 Å². The Balaban J connectivity index is 1.31. The van der Waals surface area contributed by atoms with E-state index in [1.54, 1.807) is 29.2 Å². The standard InChI is InChI=1S/C20H15ClN4O5/c21-13-8-12(9-16-17(13)29-11-28-16)19(26)24-3-5-25(6-4-24)20-14(10-22)23-18(30-20)15-2-1-7-27-15/h1-2,7-9H,3-6,11H2. The van der Waals surface area contributed by atoms with E-state index in [4.69, 9.17) is 29.9 Å². The summed E-state index contributed by atoms with van der Waals surface area (Å²) in [5.74, 6) is 1.85. The number of halogens is 1. The summed E-state index contributed by atoms with van der Waals surface area (Å²) >= 11 is 6.20. The molecule has 9 nitrogen and oxygen atoms in total. The van der Waals surface area contributed by atoms with Crippen LogP contribution in [0.1, 0.15) is 16.1 Å². The van der Waals surface area contributed by atoms with Crippen molar-refractivity contribution in [2.75, 3.05) is 37.9 Å². The largest absolute Gasteiger partial charge is 0.459 e. The number of nitrogens with zero attached hydrogens (tertiary/aromatic N) is 4. The molecule has 152 valence electrons. The lowest BCUT2D eigenvalue weighted by Gasteiger charge is -2.34. The van der Waals surface area contributed by atoms with Crippen LogP contribution >= 0.6 is 11.6 Å². The number of ether oxygens (including phenoxy) is 2. The molecule has 10 heteroatoms. The monoisotopic (exact) mass is 426 g/mol. The quantitative estimate of drug-likeness (QED) is 0.629. The number of carbonyl (C=O) groups excluding carboxylic acids is 1. The molecule has 5 rings (SSSR count). The van der Waals surface area contributed by atoms with E-state index in [-0.39, 0.29) is 24.3 Å². The van der Waals surface area contributed by atoms with Crippen molar-refractivity contribution in [3.05, 3.63) is 46.8 Å². The van der Waals surface area contributed by atoms with Crippen molar-refractivity contribution in [3.8, 4) is 29.2 Å². The van der Waals surface area contributed by atoms with Crippen LogP contribution in [-0.4, -0.2) is 48.8 Å². The Hall–Kier alpha value is -3.64. The molecule has 1 saturated heterocycles. The number of nitriles is 1. The summed E-state index contributed by atoms with van der Waals surface area (Å²) in [5, 5.41) is 9.77. The van der Waals surface area contributed by atoms with E-state index in [9.17, 15) is 10.1 Å². The first-order valence-corrected chi connectivity index (χ1v) is 9.60. The Morgan fingerprint density at radius 1 is 1.20 bits per heavy atom. The van der Waals surface area contributed by atoms with Gasteiger partial charge >= 0.3 is 0 Å². The van der Waals surface area contributed by atoms with Gasteiger partial charge in [-0.15, -0.1) is 0 Å². The van der Waals surface area contributed by atoms with Gasteiger partial charge in [-0.25, -0.2) is 0 Å². The molecule has 3 aromatic rings. The molecule has 0 atom stereocenters. The first kappa shape index (κ1) is 18.4. The molecule has 0 aliphatic carbocycles. The van der Waals surface area contributed by atoms with Gasteiger partial charge in [-0.2, -0.15) is 10.2 Å². The van der Waals surface area contributed by atoms with Gasteiger partial charge in [0, 0.05) is 31.7 Å². The van der Waals surface area contributed by atoms with Gasteiger partial charge in [0.1, 0.15) is 6.07 Å². The molecule has 1 amide bonds. The van der Waals surface area contributed by atoms with E-state index in [2.05, 4.69) is 11.1 Å². The molecule has 30 heavy (non-hydrogen) atoms. The number of hydrogen-bond donors (Lipinski definition) is 0. The van der Waals surface area contributed by atoms with Crippen molar-refractivity contribution >= 4 is 23.4 Å². The number of benzene rings is 1. The smallest absolute Gasteiger partial charge is 0.266 e. The molecule has 2 aliphatic rings. The van der Waals surface area contributed by atoms with Crippen molar-refractivity contribution in [3.63, 3.8) is 0 Å². The van der Waals surface area contributed by atoms with E-state index in [0.29, 0.717) is 59.9 Å². The number of oxazole rings is 1. The normalized spacial score (nSPS) is 15.3. The molecular weight excluding hydrogens is 412 g/mol. The first-order chi connectivity index (χ1) is 14.6. The molecule has 0 bridgehead atoms. The predicted molar refractivity (Wildman–Crippen MR) is 105 cm³/mol. The van der Waals surface area contributed by atoms with E-state index in [1.165, 1.54) is 6.26 Å². The Morgan fingerprint density at radius 2 is 2.03 bits per heavy atom. The molecule has 4 heterocycles. The maximum atomic E-state index is 12.9. The number of fused-ring (bicyclic) bond motifs is 1. The van der Waals surface area contributed by atoms with Gasteiger partial charge in [-0.1, -0.05) is 11.6 Å². The van der Waals surface area contributed by atoms with Gasteiger partial charge in [0.15, 0.2) is 17.3 Å². The van der Waals surface area contributed by atoms with Crippen LogP contribution in [0.2, 0.25) is 5.02 Å². The molecule has 0 unspecified atom stereocenters. The Bertz CT molecular complexity index is 1140. The number of anilines is 1. The minimum Gasteiger partial charge on any atom is -0.459 e. The second-order valence-corrected chi connectivity index (χ2v) is 7.14. The Morgan fingerprint density at radius 3 is 2.77 bits per heavy atom. The zero-order chi connectivity index (χ0) is 20.7. The average molecular weight is 427 g/mol. The molecule has 1 aromatic carbocycles. The number of furan rings is 1. The minimum absolute atomic E-state index is 0.0871. The van der Waals surface area contributed by atoms with E-state index >= 15 is 0 Å². The highest BCUT2D eigenvalue weighted by Crippen LogP contribution is 2.40. The molecular formula is C20H15ClN4O5. The maximum absolute atomic E-state index is 12.9. The molecule has 0 N–H and O–H groups in total. The molecule has 0 saturated carbocycles. The van der Waals surface area contributed by atoms with Crippen LogP contribution in [-0.2, 0) is 0 Å². The summed E-state index contributed by atoms with van der Waals surface area (Å²) in [6.07, 6.45) is 1.51. The van der Waals surface area contributed by atoms with Gasteiger partial charge in [0.25, 0.3) is 11.8 Å². The number of piperazine rings is 1. The van der Waals surface area contributed by atoms with Crippen LogP contribution < -0.4 is 14.4 Å². The van der Waals surface area contributed by atoms with Gasteiger partial charge in [-0.05, 0) is 24.3 Å². The van der Waals surface area contributed by atoms with Crippen LogP contribution in [0.4, 0.5) is 5.88 Å². The number of amides is 1. The second-order valence-electron chi connectivity index (χ2n) is 6.73. The highest BCUT2D eigenvalue weighted by Gasteiger charge is 2.29. The molecule has 0 radical (unpaired) electrons. The van der Waals surface area contributed by atoms with E-state index < -0.39 is 0 Å². The lowest BCUT2D eigenvalue weighted by Crippen LogP contribution is -2.48. The van der Waals surface area contributed by atoms with Crippen molar-refractivity contribution in [1.82, 2.24) is 9.88 Å². The van der Waals surface area contributed by atoms with Crippen LogP contribution in [0.3, 0.4) is 0 Å². The third-order valence-corrected chi connectivity index (χ3v) is 5.26. The molecule has 2 aliphatic heterocycles. The first-order valence-electron chi connectivity index (χ1n) is 9.22. The highest BCUT2D eigenvalue weighted by atomic mass is 35.5. The van der Waals surface area contributed by atoms with Crippen molar-refractivity contribution in [2.24, 2.45) is 0 Å². The Kier molecular flexibility index (Phi) is 4.48.